The van der Waals surface area contributed by atoms with Gasteiger partial charge in [-0.3, -0.25) is 19.5 Å². The van der Waals surface area contributed by atoms with E-state index in [1.54, 1.807) is 0 Å². The van der Waals surface area contributed by atoms with Crippen LogP contribution in [-0.2, 0) is 16.0 Å². The fraction of sp³-hybridized carbons (Fsp3) is 0.480. The number of imide groups is 1. The molecule has 1 saturated carbocycles. The molecule has 3 aliphatic rings. The SMILES string of the molecule is CCNC(=NCCCN1C(=O)C2C3C=CC(C3)C2C1=O)NCCc1c[nH]c2ccccc12.I. The average molecular weight is 561 g/mol. The van der Waals surface area contributed by atoms with E-state index in [2.05, 4.69) is 57.2 Å². The lowest BCUT2D eigenvalue weighted by atomic mass is 9.85. The van der Waals surface area contributed by atoms with E-state index in [4.69, 9.17) is 0 Å². The quantitative estimate of drug-likeness (QED) is 0.116. The van der Waals surface area contributed by atoms with E-state index in [0.717, 1.165) is 37.4 Å². The van der Waals surface area contributed by atoms with Crippen molar-refractivity contribution in [1.29, 1.82) is 0 Å². The maximum absolute atomic E-state index is 12.8. The molecule has 176 valence electrons. The number of H-pyrrole nitrogens is 1. The van der Waals surface area contributed by atoms with Crippen LogP contribution in [0.25, 0.3) is 10.9 Å². The first-order valence-corrected chi connectivity index (χ1v) is 11.8. The van der Waals surface area contributed by atoms with Crippen LogP contribution in [-0.4, -0.2) is 53.8 Å². The lowest BCUT2D eigenvalue weighted by Gasteiger charge is -2.17. The number of nitrogens with one attached hydrogen (secondary N) is 3. The summed E-state index contributed by atoms with van der Waals surface area (Å²) in [4.78, 5) is 35.0. The van der Waals surface area contributed by atoms with Crippen LogP contribution in [0.4, 0.5) is 0 Å². The van der Waals surface area contributed by atoms with Crippen molar-refractivity contribution in [2.24, 2.45) is 28.7 Å². The Kier molecular flexibility index (Phi) is 7.41. The first-order chi connectivity index (χ1) is 15.7. The van der Waals surface area contributed by atoms with Gasteiger partial charge in [0.15, 0.2) is 5.96 Å². The van der Waals surface area contributed by atoms with Crippen LogP contribution in [0.15, 0.2) is 47.6 Å². The molecular formula is C25H32IN5O2. The molecule has 2 aromatic rings. The summed E-state index contributed by atoms with van der Waals surface area (Å²) in [6.07, 6.45) is 8.88. The summed E-state index contributed by atoms with van der Waals surface area (Å²) in [7, 11) is 0. The molecule has 5 rings (SSSR count). The Morgan fingerprint density at radius 2 is 1.85 bits per heavy atom. The highest BCUT2D eigenvalue weighted by Crippen LogP contribution is 2.52. The van der Waals surface area contributed by atoms with Crippen molar-refractivity contribution in [2.75, 3.05) is 26.2 Å². The highest BCUT2D eigenvalue weighted by Gasteiger charge is 2.58. The van der Waals surface area contributed by atoms with Crippen LogP contribution in [0.1, 0.15) is 25.3 Å². The van der Waals surface area contributed by atoms with E-state index in [-0.39, 0.29) is 59.5 Å². The summed E-state index contributed by atoms with van der Waals surface area (Å²) in [5.74, 6) is 1.16. The number of rotatable bonds is 8. The van der Waals surface area contributed by atoms with Gasteiger partial charge in [0, 0.05) is 43.3 Å². The van der Waals surface area contributed by atoms with Gasteiger partial charge in [-0.05, 0) is 49.7 Å². The van der Waals surface area contributed by atoms with Crippen molar-refractivity contribution >= 4 is 52.7 Å². The Morgan fingerprint density at radius 1 is 1.12 bits per heavy atom. The molecule has 1 aliphatic heterocycles. The van der Waals surface area contributed by atoms with Crippen molar-refractivity contribution in [3.05, 3.63) is 48.2 Å². The summed E-state index contributed by atoms with van der Waals surface area (Å²) in [6, 6.07) is 8.32. The number of aliphatic imine (C=N–C) groups is 1. The number of hydrogen-bond donors (Lipinski definition) is 3. The van der Waals surface area contributed by atoms with E-state index in [0.29, 0.717) is 19.5 Å². The van der Waals surface area contributed by atoms with Gasteiger partial charge >= 0.3 is 0 Å². The molecule has 0 spiro atoms. The third kappa shape index (κ3) is 4.54. The number of benzene rings is 1. The van der Waals surface area contributed by atoms with Crippen LogP contribution in [0.3, 0.4) is 0 Å². The zero-order valence-corrected chi connectivity index (χ0v) is 21.3. The van der Waals surface area contributed by atoms with Crippen LogP contribution in [0, 0.1) is 23.7 Å². The predicted octanol–water partition coefficient (Wildman–Crippen LogP) is 3.08. The Bertz CT molecular complexity index is 1050. The van der Waals surface area contributed by atoms with Gasteiger partial charge in [-0.15, -0.1) is 24.0 Å². The molecule has 8 heteroatoms. The summed E-state index contributed by atoms with van der Waals surface area (Å²) in [5, 5.41) is 7.92. The second-order valence-electron chi connectivity index (χ2n) is 8.98. The largest absolute Gasteiger partial charge is 0.361 e. The number of carbonyl (C=O) groups is 2. The maximum Gasteiger partial charge on any atom is 0.233 e. The molecule has 3 N–H and O–H groups in total. The molecular weight excluding hydrogens is 529 g/mol. The first kappa shape index (κ1) is 23.8. The fourth-order valence-corrected chi connectivity index (χ4v) is 5.60. The van der Waals surface area contributed by atoms with Crippen molar-refractivity contribution < 1.29 is 9.59 Å². The van der Waals surface area contributed by atoms with Crippen molar-refractivity contribution in [2.45, 2.75) is 26.2 Å². The lowest BCUT2D eigenvalue weighted by Crippen LogP contribution is -2.38. The third-order valence-electron chi connectivity index (χ3n) is 7.08. The molecule has 4 unspecified atom stereocenters. The normalized spacial score (nSPS) is 25.6. The molecule has 1 aromatic carbocycles. The Labute approximate surface area is 211 Å². The standard InChI is InChI=1S/C25H31N5O2.HI/c1-2-26-25(28-12-10-18-15-29-20-7-4-3-6-19(18)20)27-11-5-13-30-23(31)21-16-8-9-17(14-16)22(21)24(30)32;/h3-4,6-9,15-17,21-22,29H,2,5,10-14H2,1H3,(H2,26,27,28);1H. The van der Waals surface area contributed by atoms with Gasteiger partial charge in [0.2, 0.25) is 11.8 Å². The van der Waals surface area contributed by atoms with Crippen LogP contribution >= 0.6 is 24.0 Å². The minimum Gasteiger partial charge on any atom is -0.361 e. The molecule has 2 amide bonds. The van der Waals surface area contributed by atoms with Crippen molar-refractivity contribution in [3.63, 3.8) is 0 Å². The predicted molar refractivity (Wildman–Crippen MR) is 140 cm³/mol. The molecule has 2 bridgehead atoms. The van der Waals surface area contributed by atoms with Gasteiger partial charge in [-0.1, -0.05) is 30.4 Å². The van der Waals surface area contributed by atoms with Crippen LogP contribution < -0.4 is 10.6 Å². The summed E-state index contributed by atoms with van der Waals surface area (Å²) >= 11 is 0. The number of allylic oxidation sites excluding steroid dienone is 2. The maximum atomic E-state index is 12.8. The molecule has 2 fully saturated rings. The third-order valence-corrected chi connectivity index (χ3v) is 7.08. The molecule has 4 atom stereocenters. The van der Waals surface area contributed by atoms with Gasteiger partial charge in [0.1, 0.15) is 0 Å². The number of amides is 2. The minimum absolute atomic E-state index is 0. The molecule has 0 radical (unpaired) electrons. The van der Waals surface area contributed by atoms with Gasteiger partial charge in [-0.25, -0.2) is 0 Å². The van der Waals surface area contributed by atoms with E-state index in [9.17, 15) is 9.59 Å². The number of guanidine groups is 1. The first-order valence-electron chi connectivity index (χ1n) is 11.8. The van der Waals surface area contributed by atoms with Crippen molar-refractivity contribution in [1.82, 2.24) is 20.5 Å². The average Bonchev–Trinajstić information content (AvgIpc) is 3.56. The molecule has 2 heterocycles. The molecule has 33 heavy (non-hydrogen) atoms. The fourth-order valence-electron chi connectivity index (χ4n) is 5.60. The van der Waals surface area contributed by atoms with Gasteiger partial charge in [0.25, 0.3) is 0 Å². The van der Waals surface area contributed by atoms with Crippen LogP contribution in [0.5, 0.6) is 0 Å². The number of aromatic amines is 1. The second kappa shape index (κ2) is 10.3. The summed E-state index contributed by atoms with van der Waals surface area (Å²) < 4.78 is 0. The van der Waals surface area contributed by atoms with Gasteiger partial charge in [-0.2, -0.15) is 0 Å². The second-order valence-corrected chi connectivity index (χ2v) is 8.98. The number of fused-ring (bicyclic) bond motifs is 6. The number of nitrogens with zero attached hydrogens (tertiary/aromatic N) is 2. The number of likely N-dealkylation sites (tertiary alicyclic amines) is 1. The number of aromatic nitrogens is 1. The Balaban J connectivity index is 0.00000259. The minimum atomic E-state index is -0.107. The molecule has 7 nitrogen and oxygen atoms in total. The highest BCUT2D eigenvalue weighted by atomic mass is 127. The van der Waals surface area contributed by atoms with Gasteiger partial charge in [0.05, 0.1) is 11.8 Å². The van der Waals surface area contributed by atoms with E-state index < -0.39 is 0 Å². The number of halogens is 1. The topological polar surface area (TPSA) is 89.6 Å². The molecule has 2 aliphatic carbocycles. The van der Waals surface area contributed by atoms with Crippen LogP contribution in [0.2, 0.25) is 0 Å². The number of carbonyl (C=O) groups excluding carboxylic acids is 2. The zero-order chi connectivity index (χ0) is 22.1. The Morgan fingerprint density at radius 3 is 2.58 bits per heavy atom. The van der Waals surface area contributed by atoms with E-state index in [1.807, 2.05) is 13.0 Å². The van der Waals surface area contributed by atoms with E-state index in [1.165, 1.54) is 15.8 Å². The Hall–Kier alpha value is -2.36. The smallest absolute Gasteiger partial charge is 0.233 e. The van der Waals surface area contributed by atoms with Crippen molar-refractivity contribution in [3.8, 4) is 0 Å². The summed E-state index contributed by atoms with van der Waals surface area (Å²) in [6.45, 7) is 4.62. The summed E-state index contributed by atoms with van der Waals surface area (Å²) in [5.41, 5.74) is 2.44. The number of hydrogen-bond acceptors (Lipinski definition) is 3. The number of para-hydroxylation sites is 1. The molecule has 1 aromatic heterocycles. The zero-order valence-electron chi connectivity index (χ0n) is 18.9. The van der Waals surface area contributed by atoms with Gasteiger partial charge < -0.3 is 15.6 Å². The molecule has 1 saturated heterocycles. The lowest BCUT2D eigenvalue weighted by molar-refractivity contribution is -0.140. The monoisotopic (exact) mass is 561 g/mol. The van der Waals surface area contributed by atoms with E-state index >= 15 is 0 Å². The highest BCUT2D eigenvalue weighted by molar-refractivity contribution is 14.0.